The van der Waals surface area contributed by atoms with Crippen molar-refractivity contribution in [2.75, 3.05) is 0 Å². The van der Waals surface area contributed by atoms with Crippen LogP contribution in [-0.4, -0.2) is 18.0 Å². The van der Waals surface area contributed by atoms with Crippen molar-refractivity contribution in [3.63, 3.8) is 0 Å². The van der Waals surface area contributed by atoms with Gasteiger partial charge in [-0.1, -0.05) is 18.9 Å². The second-order valence-electron chi connectivity index (χ2n) is 5.00. The number of hydrogen-bond acceptors (Lipinski definition) is 2. The van der Waals surface area contributed by atoms with E-state index in [1.54, 1.807) is 0 Å². The largest absolute Gasteiger partial charge is 0.352 e. The molecule has 0 aromatic heterocycles. The van der Waals surface area contributed by atoms with Crippen molar-refractivity contribution in [3.05, 3.63) is 35.4 Å². The summed E-state index contributed by atoms with van der Waals surface area (Å²) in [4.78, 5) is 11.8. The van der Waals surface area contributed by atoms with Gasteiger partial charge in [0.15, 0.2) is 0 Å². The molecule has 0 bridgehead atoms. The van der Waals surface area contributed by atoms with Gasteiger partial charge in [-0.3, -0.25) is 4.79 Å². The van der Waals surface area contributed by atoms with E-state index in [0.29, 0.717) is 0 Å². The number of nitrogens with one attached hydrogen (secondary N) is 1. The first kappa shape index (κ1) is 13.9. The van der Waals surface area contributed by atoms with Crippen LogP contribution in [0.5, 0.6) is 0 Å². The summed E-state index contributed by atoms with van der Waals surface area (Å²) in [5.74, 6) is -1.77. The van der Waals surface area contributed by atoms with Gasteiger partial charge in [-0.25, -0.2) is 8.78 Å². The molecule has 0 radical (unpaired) electrons. The van der Waals surface area contributed by atoms with E-state index in [9.17, 15) is 13.6 Å². The molecular formula is C14H18F2N2O. The van der Waals surface area contributed by atoms with Gasteiger partial charge < -0.3 is 11.1 Å². The van der Waals surface area contributed by atoms with Crippen LogP contribution in [0.1, 0.15) is 31.2 Å². The number of carbonyl (C=O) groups is 1. The molecule has 2 rings (SSSR count). The molecule has 3 N–H and O–H groups in total. The van der Waals surface area contributed by atoms with Crippen LogP contribution in [0.4, 0.5) is 8.78 Å². The van der Waals surface area contributed by atoms with Crippen molar-refractivity contribution < 1.29 is 13.6 Å². The second kappa shape index (κ2) is 6.10. The number of halogens is 2. The molecular weight excluding hydrogens is 250 g/mol. The van der Waals surface area contributed by atoms with Crippen LogP contribution < -0.4 is 11.1 Å². The molecule has 1 fully saturated rings. The Labute approximate surface area is 111 Å². The van der Waals surface area contributed by atoms with E-state index in [-0.39, 0.29) is 30.0 Å². The zero-order valence-electron chi connectivity index (χ0n) is 10.7. The number of nitrogens with two attached hydrogens (primary N) is 1. The van der Waals surface area contributed by atoms with Crippen molar-refractivity contribution in [2.24, 2.45) is 5.73 Å². The number of benzene rings is 1. The summed E-state index contributed by atoms with van der Waals surface area (Å²) in [6, 6.07) is 3.43. The van der Waals surface area contributed by atoms with Gasteiger partial charge in [0.1, 0.15) is 11.6 Å². The van der Waals surface area contributed by atoms with E-state index in [0.717, 1.165) is 37.8 Å². The van der Waals surface area contributed by atoms with E-state index >= 15 is 0 Å². The molecule has 0 spiro atoms. The maximum atomic E-state index is 13.4. The fourth-order valence-corrected chi connectivity index (χ4v) is 2.46. The monoisotopic (exact) mass is 268 g/mol. The molecule has 1 aromatic rings. The Morgan fingerprint density at radius 1 is 1.26 bits per heavy atom. The molecule has 0 aliphatic heterocycles. The minimum Gasteiger partial charge on any atom is -0.352 e. The Bertz CT molecular complexity index is 445. The van der Waals surface area contributed by atoms with E-state index in [1.807, 2.05) is 0 Å². The van der Waals surface area contributed by atoms with Gasteiger partial charge in [-0.05, 0) is 25.0 Å². The van der Waals surface area contributed by atoms with E-state index in [1.165, 1.54) is 6.07 Å². The summed E-state index contributed by atoms with van der Waals surface area (Å²) in [6.07, 6.45) is 3.50. The lowest BCUT2D eigenvalue weighted by Gasteiger charge is -2.29. The van der Waals surface area contributed by atoms with Crippen molar-refractivity contribution >= 4 is 5.91 Å². The second-order valence-corrected chi connectivity index (χ2v) is 5.00. The van der Waals surface area contributed by atoms with Crippen LogP contribution >= 0.6 is 0 Å². The Kier molecular flexibility index (Phi) is 4.47. The Morgan fingerprint density at radius 2 is 1.89 bits per heavy atom. The van der Waals surface area contributed by atoms with Crippen molar-refractivity contribution in [1.82, 2.24) is 5.32 Å². The predicted molar refractivity (Wildman–Crippen MR) is 68.4 cm³/mol. The summed E-state index contributed by atoms with van der Waals surface area (Å²) in [7, 11) is 0. The lowest BCUT2D eigenvalue weighted by atomic mass is 9.91. The van der Waals surface area contributed by atoms with E-state index in [4.69, 9.17) is 5.73 Å². The van der Waals surface area contributed by atoms with Crippen LogP contribution in [0.15, 0.2) is 18.2 Å². The van der Waals surface area contributed by atoms with Gasteiger partial charge in [0, 0.05) is 17.6 Å². The fraction of sp³-hybridized carbons (Fsp3) is 0.500. The average molecular weight is 268 g/mol. The number of carbonyl (C=O) groups excluding carboxylic acids is 1. The van der Waals surface area contributed by atoms with Crippen LogP contribution in [0, 0.1) is 11.6 Å². The summed E-state index contributed by atoms with van der Waals surface area (Å²) < 4.78 is 26.8. The number of hydrogen-bond donors (Lipinski definition) is 2. The number of rotatable bonds is 3. The molecule has 2 unspecified atom stereocenters. The molecule has 2 atom stereocenters. The molecule has 1 aliphatic carbocycles. The first-order valence-corrected chi connectivity index (χ1v) is 6.56. The summed E-state index contributed by atoms with van der Waals surface area (Å²) in [5, 5.41) is 2.77. The Hall–Kier alpha value is -1.49. The van der Waals surface area contributed by atoms with Crippen LogP contribution in [0.3, 0.4) is 0 Å². The summed E-state index contributed by atoms with van der Waals surface area (Å²) in [5.41, 5.74) is 5.73. The minimum atomic E-state index is -0.692. The third kappa shape index (κ3) is 3.50. The first-order chi connectivity index (χ1) is 9.08. The fourth-order valence-electron chi connectivity index (χ4n) is 2.46. The molecule has 1 saturated carbocycles. The molecule has 0 saturated heterocycles. The topological polar surface area (TPSA) is 55.1 Å². The molecule has 5 heteroatoms. The van der Waals surface area contributed by atoms with E-state index in [2.05, 4.69) is 5.32 Å². The molecule has 3 nitrogen and oxygen atoms in total. The third-order valence-corrected chi connectivity index (χ3v) is 3.56. The molecule has 1 aliphatic rings. The first-order valence-electron chi connectivity index (χ1n) is 6.56. The smallest absolute Gasteiger partial charge is 0.224 e. The normalized spacial score (nSPS) is 23.1. The van der Waals surface area contributed by atoms with E-state index < -0.39 is 11.6 Å². The lowest BCUT2D eigenvalue weighted by molar-refractivity contribution is -0.121. The van der Waals surface area contributed by atoms with Crippen molar-refractivity contribution in [3.8, 4) is 0 Å². The SMILES string of the molecule is NC1CCCCC1NC(=O)Cc1c(F)cccc1F. The maximum absolute atomic E-state index is 13.4. The lowest BCUT2D eigenvalue weighted by Crippen LogP contribution is -2.49. The van der Waals surface area contributed by atoms with Gasteiger partial charge in [-0.2, -0.15) is 0 Å². The quantitative estimate of drug-likeness (QED) is 0.879. The standard InChI is InChI=1S/C14H18F2N2O/c15-10-4-3-5-11(16)9(10)8-14(19)18-13-7-2-1-6-12(13)17/h3-5,12-13H,1-2,6-8,17H2,(H,18,19). The van der Waals surface area contributed by atoms with Crippen molar-refractivity contribution in [1.29, 1.82) is 0 Å². The number of amides is 1. The highest BCUT2D eigenvalue weighted by Crippen LogP contribution is 2.17. The van der Waals surface area contributed by atoms with Crippen LogP contribution in [0.25, 0.3) is 0 Å². The molecule has 1 aromatic carbocycles. The van der Waals surface area contributed by atoms with Crippen LogP contribution in [0.2, 0.25) is 0 Å². The average Bonchev–Trinajstić information content (AvgIpc) is 2.37. The molecule has 104 valence electrons. The highest BCUT2D eigenvalue weighted by Gasteiger charge is 2.24. The van der Waals surface area contributed by atoms with Gasteiger partial charge in [0.05, 0.1) is 6.42 Å². The van der Waals surface area contributed by atoms with Crippen molar-refractivity contribution in [2.45, 2.75) is 44.2 Å². The summed E-state index contributed by atoms with van der Waals surface area (Å²) >= 11 is 0. The Balaban J connectivity index is 1.97. The molecule has 0 heterocycles. The zero-order chi connectivity index (χ0) is 13.8. The predicted octanol–water partition coefficient (Wildman–Crippen LogP) is 1.89. The highest BCUT2D eigenvalue weighted by atomic mass is 19.1. The minimum absolute atomic E-state index is 0.0665. The third-order valence-electron chi connectivity index (χ3n) is 3.56. The van der Waals surface area contributed by atoms with Gasteiger partial charge in [-0.15, -0.1) is 0 Å². The molecule has 19 heavy (non-hydrogen) atoms. The Morgan fingerprint density at radius 3 is 2.53 bits per heavy atom. The summed E-state index contributed by atoms with van der Waals surface area (Å²) in [6.45, 7) is 0. The van der Waals surface area contributed by atoms with Gasteiger partial charge >= 0.3 is 0 Å². The zero-order valence-corrected chi connectivity index (χ0v) is 10.7. The van der Waals surface area contributed by atoms with Crippen LogP contribution in [-0.2, 0) is 11.2 Å². The molecule has 1 amide bonds. The highest BCUT2D eigenvalue weighted by molar-refractivity contribution is 5.79. The van der Waals surface area contributed by atoms with Gasteiger partial charge in [0.25, 0.3) is 0 Å². The maximum Gasteiger partial charge on any atom is 0.224 e. The van der Waals surface area contributed by atoms with Gasteiger partial charge in [0.2, 0.25) is 5.91 Å².